The molecule has 0 aromatic carbocycles. The molecule has 0 radical (unpaired) electrons. The molecule has 2 aliphatic rings. The van der Waals surface area contributed by atoms with Crippen molar-refractivity contribution in [2.75, 3.05) is 24.6 Å². The summed E-state index contributed by atoms with van der Waals surface area (Å²) >= 11 is 1.85. The molecule has 0 aliphatic carbocycles. The Morgan fingerprint density at radius 2 is 2.33 bits per heavy atom. The summed E-state index contributed by atoms with van der Waals surface area (Å²) in [5.74, 6) is 1.95. The van der Waals surface area contributed by atoms with Crippen molar-refractivity contribution in [3.63, 3.8) is 0 Å². The number of rotatable bonds is 5. The van der Waals surface area contributed by atoms with Crippen LogP contribution in [0, 0.1) is 0 Å². The number of pyridine rings is 1. The Kier molecular flexibility index (Phi) is 4.16. The number of thioether (sulfide) groups is 1. The maximum Gasteiger partial charge on any atom is 0.214 e. The summed E-state index contributed by atoms with van der Waals surface area (Å²) in [7, 11) is -3.04. The SMILES string of the molecule is CCCS(=O)(=O)N1CC2(C[C@H](Oc3cccnc3)CS2)C1. The van der Waals surface area contributed by atoms with Crippen LogP contribution in [0.2, 0.25) is 0 Å². The van der Waals surface area contributed by atoms with Gasteiger partial charge in [-0.1, -0.05) is 6.92 Å². The Morgan fingerprint density at radius 1 is 1.52 bits per heavy atom. The third-order valence-electron chi connectivity index (χ3n) is 3.90. The van der Waals surface area contributed by atoms with Crippen molar-refractivity contribution in [2.24, 2.45) is 0 Å². The zero-order valence-corrected chi connectivity index (χ0v) is 13.7. The molecular formula is C14H20N2O3S2. The second kappa shape index (κ2) is 5.78. The minimum absolute atomic E-state index is 0.0632. The van der Waals surface area contributed by atoms with E-state index < -0.39 is 10.0 Å². The van der Waals surface area contributed by atoms with Crippen molar-refractivity contribution in [2.45, 2.75) is 30.6 Å². The van der Waals surface area contributed by atoms with Crippen LogP contribution in [0.1, 0.15) is 19.8 Å². The Bertz CT molecular complexity index is 585. The van der Waals surface area contributed by atoms with Gasteiger partial charge in [-0.2, -0.15) is 4.31 Å². The fourth-order valence-electron chi connectivity index (χ4n) is 2.89. The summed E-state index contributed by atoms with van der Waals surface area (Å²) in [4.78, 5) is 4.04. The molecular weight excluding hydrogens is 308 g/mol. The van der Waals surface area contributed by atoms with Crippen molar-refractivity contribution in [1.29, 1.82) is 0 Å². The van der Waals surface area contributed by atoms with Gasteiger partial charge in [-0.05, 0) is 18.6 Å². The highest BCUT2D eigenvalue weighted by atomic mass is 32.2. The highest BCUT2D eigenvalue weighted by Crippen LogP contribution is 2.47. The van der Waals surface area contributed by atoms with E-state index in [0.29, 0.717) is 19.5 Å². The molecule has 3 heterocycles. The zero-order chi connectivity index (χ0) is 14.9. The molecule has 2 fully saturated rings. The van der Waals surface area contributed by atoms with Gasteiger partial charge >= 0.3 is 0 Å². The predicted octanol–water partition coefficient (Wildman–Crippen LogP) is 1.76. The van der Waals surface area contributed by atoms with Gasteiger partial charge in [-0.15, -0.1) is 11.8 Å². The quantitative estimate of drug-likeness (QED) is 0.824. The van der Waals surface area contributed by atoms with Crippen molar-refractivity contribution in [1.82, 2.24) is 9.29 Å². The minimum atomic E-state index is -3.04. The predicted molar refractivity (Wildman–Crippen MR) is 84.1 cm³/mol. The number of nitrogens with zero attached hydrogens (tertiary/aromatic N) is 2. The molecule has 0 saturated carbocycles. The van der Waals surface area contributed by atoms with Crippen LogP contribution in [0.3, 0.4) is 0 Å². The van der Waals surface area contributed by atoms with Crippen LogP contribution in [-0.4, -0.2) is 53.2 Å². The molecule has 0 unspecified atom stereocenters. The van der Waals surface area contributed by atoms with Gasteiger partial charge in [0.1, 0.15) is 11.9 Å². The maximum absolute atomic E-state index is 12.0. The van der Waals surface area contributed by atoms with E-state index in [0.717, 1.165) is 17.9 Å². The van der Waals surface area contributed by atoms with Gasteiger partial charge in [0.2, 0.25) is 10.0 Å². The second-order valence-corrected chi connectivity index (χ2v) is 9.29. The van der Waals surface area contributed by atoms with E-state index in [1.165, 1.54) is 0 Å². The fraction of sp³-hybridized carbons (Fsp3) is 0.643. The number of aromatic nitrogens is 1. The first-order valence-electron chi connectivity index (χ1n) is 7.21. The number of hydrogen-bond acceptors (Lipinski definition) is 5. The van der Waals surface area contributed by atoms with Crippen LogP contribution < -0.4 is 4.74 Å². The van der Waals surface area contributed by atoms with Crippen molar-refractivity contribution < 1.29 is 13.2 Å². The first-order valence-corrected chi connectivity index (χ1v) is 9.81. The summed E-state index contributed by atoms with van der Waals surface area (Å²) in [5.41, 5.74) is 0. The average molecular weight is 328 g/mol. The normalized spacial score (nSPS) is 24.9. The lowest BCUT2D eigenvalue weighted by Gasteiger charge is -2.46. The Balaban J connectivity index is 1.55. The van der Waals surface area contributed by atoms with E-state index in [4.69, 9.17) is 4.74 Å². The standard InChI is InChI=1S/C14H20N2O3S2/c1-2-6-21(17,18)16-10-14(11-16)7-13(9-20-14)19-12-4-3-5-15-8-12/h3-5,8,13H,2,6-7,9-11H2,1H3/t13-/m0/s1. The second-order valence-electron chi connectivity index (χ2n) is 5.71. The summed E-state index contributed by atoms with van der Waals surface area (Å²) in [6.07, 6.45) is 5.17. The van der Waals surface area contributed by atoms with Gasteiger partial charge in [-0.25, -0.2) is 8.42 Å². The topological polar surface area (TPSA) is 59.5 Å². The van der Waals surface area contributed by atoms with Crippen LogP contribution in [0.15, 0.2) is 24.5 Å². The molecule has 0 bridgehead atoms. The van der Waals surface area contributed by atoms with Gasteiger partial charge in [0.15, 0.2) is 0 Å². The number of hydrogen-bond donors (Lipinski definition) is 0. The fourth-order valence-corrected chi connectivity index (χ4v) is 6.24. The molecule has 0 N–H and O–H groups in total. The summed E-state index contributed by atoms with van der Waals surface area (Å²) in [6.45, 7) is 3.16. The monoisotopic (exact) mass is 328 g/mol. The summed E-state index contributed by atoms with van der Waals surface area (Å²) in [5, 5.41) is 0. The van der Waals surface area contributed by atoms with E-state index in [1.54, 1.807) is 16.7 Å². The molecule has 1 aromatic heterocycles. The van der Waals surface area contributed by atoms with Crippen molar-refractivity contribution >= 4 is 21.8 Å². The summed E-state index contributed by atoms with van der Waals surface area (Å²) in [6, 6.07) is 3.76. The molecule has 5 nitrogen and oxygen atoms in total. The summed E-state index contributed by atoms with van der Waals surface area (Å²) < 4.78 is 31.6. The van der Waals surface area contributed by atoms with Gasteiger partial charge < -0.3 is 4.74 Å². The molecule has 3 rings (SSSR count). The van der Waals surface area contributed by atoms with Crippen LogP contribution in [-0.2, 0) is 10.0 Å². The smallest absolute Gasteiger partial charge is 0.214 e. The average Bonchev–Trinajstić information content (AvgIpc) is 2.82. The van der Waals surface area contributed by atoms with E-state index in [2.05, 4.69) is 4.98 Å². The van der Waals surface area contributed by atoms with E-state index in [-0.39, 0.29) is 16.6 Å². The lowest BCUT2D eigenvalue weighted by atomic mass is 9.95. The van der Waals surface area contributed by atoms with Crippen LogP contribution in [0.4, 0.5) is 0 Å². The van der Waals surface area contributed by atoms with E-state index in [9.17, 15) is 8.42 Å². The van der Waals surface area contributed by atoms with E-state index in [1.807, 2.05) is 30.8 Å². The highest BCUT2D eigenvalue weighted by Gasteiger charge is 2.53. The lowest BCUT2D eigenvalue weighted by Crippen LogP contribution is -2.61. The molecule has 21 heavy (non-hydrogen) atoms. The molecule has 2 aliphatic heterocycles. The van der Waals surface area contributed by atoms with E-state index >= 15 is 0 Å². The van der Waals surface area contributed by atoms with Gasteiger partial charge in [0.05, 0.1) is 11.9 Å². The third kappa shape index (κ3) is 3.19. The Morgan fingerprint density at radius 3 is 3.00 bits per heavy atom. The molecule has 1 spiro atoms. The van der Waals surface area contributed by atoms with Crippen molar-refractivity contribution in [3.05, 3.63) is 24.5 Å². The van der Waals surface area contributed by atoms with Crippen LogP contribution >= 0.6 is 11.8 Å². The Labute approximate surface area is 130 Å². The molecule has 7 heteroatoms. The maximum atomic E-state index is 12.0. The first kappa shape index (κ1) is 15.1. The van der Waals surface area contributed by atoms with Gasteiger partial charge in [-0.3, -0.25) is 4.98 Å². The molecule has 116 valence electrons. The van der Waals surface area contributed by atoms with Gasteiger partial charge in [0, 0.05) is 36.2 Å². The minimum Gasteiger partial charge on any atom is -0.488 e. The number of sulfonamides is 1. The highest BCUT2D eigenvalue weighted by molar-refractivity contribution is 8.01. The first-order chi connectivity index (χ1) is 10.0. The molecule has 0 amide bonds. The van der Waals surface area contributed by atoms with Crippen molar-refractivity contribution in [3.8, 4) is 5.75 Å². The van der Waals surface area contributed by atoms with Crippen LogP contribution in [0.25, 0.3) is 0 Å². The Hall–Kier alpha value is -0.790. The number of ether oxygens (including phenoxy) is 1. The molecule has 1 aromatic rings. The molecule has 1 atom stereocenters. The third-order valence-corrected chi connectivity index (χ3v) is 7.44. The van der Waals surface area contributed by atoms with Crippen LogP contribution in [0.5, 0.6) is 5.75 Å². The molecule has 2 saturated heterocycles. The largest absolute Gasteiger partial charge is 0.488 e. The zero-order valence-electron chi connectivity index (χ0n) is 12.1. The lowest BCUT2D eigenvalue weighted by molar-refractivity contribution is 0.159. The van der Waals surface area contributed by atoms with Gasteiger partial charge in [0.25, 0.3) is 0 Å².